The highest BCUT2D eigenvalue weighted by Crippen LogP contribution is 2.56. The Kier molecular flexibility index (Phi) is 3.07. The lowest BCUT2D eigenvalue weighted by molar-refractivity contribution is 0.149. The van der Waals surface area contributed by atoms with Gasteiger partial charge in [0.1, 0.15) is 0 Å². The highest BCUT2D eigenvalue weighted by atomic mass is 16.5. The first kappa shape index (κ1) is 14.9. The molecule has 2 aromatic rings. The number of hydrogen-bond donors (Lipinski definition) is 1. The Morgan fingerprint density at radius 3 is 1.96 bits per heavy atom. The Hall–Kier alpha value is -2.25. The van der Waals surface area contributed by atoms with Crippen LogP contribution in [0.5, 0.6) is 0 Å². The number of benzene rings is 1. The van der Waals surface area contributed by atoms with E-state index in [1.807, 2.05) is 30.3 Å². The molecule has 2 N–H and O–H groups in total. The van der Waals surface area contributed by atoms with E-state index in [4.69, 9.17) is 20.2 Å². The Morgan fingerprint density at radius 1 is 0.808 bits per heavy atom. The molecule has 4 unspecified atom stereocenters. The van der Waals surface area contributed by atoms with Crippen LogP contribution in [0, 0.1) is 23.7 Å². The zero-order valence-corrected chi connectivity index (χ0v) is 14.4. The van der Waals surface area contributed by atoms with Gasteiger partial charge in [-0.05, 0) is 0 Å². The number of nitrogen functional groups attached to an aromatic ring is 1. The minimum absolute atomic E-state index is 0.281. The van der Waals surface area contributed by atoms with Crippen LogP contribution in [0.3, 0.4) is 0 Å². The molecular weight excluding hydrogens is 330 g/mol. The number of hydrogen-bond acceptors (Lipinski definition) is 7. The van der Waals surface area contributed by atoms with Crippen LogP contribution in [0.2, 0.25) is 0 Å². The summed E-state index contributed by atoms with van der Waals surface area (Å²) in [7, 11) is 0. The predicted molar refractivity (Wildman–Crippen MR) is 95.3 cm³/mol. The van der Waals surface area contributed by atoms with Crippen molar-refractivity contribution in [2.75, 3.05) is 37.1 Å². The molecule has 134 valence electrons. The topological polar surface area (TPSA) is 86.4 Å². The molecule has 2 aliphatic heterocycles. The van der Waals surface area contributed by atoms with Crippen molar-refractivity contribution in [3.8, 4) is 11.4 Å². The summed E-state index contributed by atoms with van der Waals surface area (Å²) in [5.41, 5.74) is 7.03. The van der Waals surface area contributed by atoms with Crippen LogP contribution in [-0.2, 0) is 9.47 Å². The number of fused-ring (bicyclic) bond motifs is 2. The normalized spacial score (nSPS) is 36.5. The van der Waals surface area contributed by atoms with Gasteiger partial charge in [-0.3, -0.25) is 0 Å². The fraction of sp³-hybridized carbons (Fsp3) is 0.526. The summed E-state index contributed by atoms with van der Waals surface area (Å²) in [5.74, 6) is 4.01. The van der Waals surface area contributed by atoms with Gasteiger partial charge in [-0.25, -0.2) is 0 Å². The molecule has 1 aromatic carbocycles. The molecular formula is C19H21N5O2. The summed E-state index contributed by atoms with van der Waals surface area (Å²) in [6, 6.07) is 10.9. The molecule has 2 saturated carbocycles. The molecule has 6 rings (SSSR count). The van der Waals surface area contributed by atoms with E-state index in [1.165, 1.54) is 0 Å². The van der Waals surface area contributed by atoms with Gasteiger partial charge >= 0.3 is 0 Å². The minimum atomic E-state index is 0.281. The number of nitrogens with zero attached hydrogens (tertiary/aromatic N) is 4. The molecule has 0 spiro atoms. The van der Waals surface area contributed by atoms with Gasteiger partial charge < -0.3 is 20.1 Å². The molecule has 4 aliphatic rings. The quantitative estimate of drug-likeness (QED) is 0.886. The Balaban J connectivity index is 1.39. The lowest BCUT2D eigenvalue weighted by Gasteiger charge is -2.27. The third-order valence-electron chi connectivity index (χ3n) is 6.36. The van der Waals surface area contributed by atoms with Gasteiger partial charge in [0.15, 0.2) is 5.82 Å². The van der Waals surface area contributed by atoms with Crippen molar-refractivity contribution in [3.63, 3.8) is 0 Å². The van der Waals surface area contributed by atoms with E-state index in [0.717, 1.165) is 37.9 Å². The van der Waals surface area contributed by atoms with Crippen LogP contribution < -0.4 is 10.6 Å². The van der Waals surface area contributed by atoms with Crippen LogP contribution >= 0.6 is 0 Å². The summed E-state index contributed by atoms with van der Waals surface area (Å²) in [5, 5.41) is 0. The number of ether oxygens (including phenoxy) is 2. The summed E-state index contributed by atoms with van der Waals surface area (Å²) in [6.45, 7) is 3.37. The zero-order chi connectivity index (χ0) is 17.3. The van der Waals surface area contributed by atoms with E-state index in [0.29, 0.717) is 41.6 Å². The first-order valence-electron chi connectivity index (χ1n) is 9.32. The summed E-state index contributed by atoms with van der Waals surface area (Å²) >= 11 is 0. The fourth-order valence-electron chi connectivity index (χ4n) is 4.92. The second-order valence-corrected chi connectivity index (χ2v) is 7.80. The lowest BCUT2D eigenvalue weighted by atomic mass is 10.2. The average Bonchev–Trinajstić information content (AvgIpc) is 3.31. The molecule has 4 atom stereocenters. The molecule has 2 aliphatic carbocycles. The maximum atomic E-state index is 6.07. The minimum Gasteiger partial charge on any atom is -0.381 e. The van der Waals surface area contributed by atoms with E-state index in [1.54, 1.807) is 0 Å². The van der Waals surface area contributed by atoms with Crippen molar-refractivity contribution in [2.45, 2.75) is 12.1 Å². The van der Waals surface area contributed by atoms with Gasteiger partial charge in [0.25, 0.3) is 0 Å². The number of anilines is 2. The lowest BCUT2D eigenvalue weighted by Crippen LogP contribution is -2.37. The van der Waals surface area contributed by atoms with Crippen molar-refractivity contribution in [3.05, 3.63) is 30.3 Å². The SMILES string of the molecule is Nc1nc(-c2ccccc2)nc(N(C2C3COCC32)C2C3COCC32)n1. The predicted octanol–water partition coefficient (Wildman–Crippen LogP) is 1.22. The third-order valence-corrected chi connectivity index (χ3v) is 6.36. The smallest absolute Gasteiger partial charge is 0.231 e. The molecule has 26 heavy (non-hydrogen) atoms. The first-order chi connectivity index (χ1) is 12.8. The van der Waals surface area contributed by atoms with Crippen LogP contribution in [0.4, 0.5) is 11.9 Å². The van der Waals surface area contributed by atoms with E-state index >= 15 is 0 Å². The van der Waals surface area contributed by atoms with Gasteiger partial charge in [0, 0.05) is 41.3 Å². The summed E-state index contributed by atoms with van der Waals surface area (Å²) < 4.78 is 11.2. The Morgan fingerprint density at radius 2 is 1.38 bits per heavy atom. The molecule has 3 heterocycles. The van der Waals surface area contributed by atoms with Crippen LogP contribution in [0.15, 0.2) is 30.3 Å². The van der Waals surface area contributed by atoms with Crippen LogP contribution in [0.25, 0.3) is 11.4 Å². The van der Waals surface area contributed by atoms with E-state index < -0.39 is 0 Å². The molecule has 4 fully saturated rings. The summed E-state index contributed by atoms with van der Waals surface area (Å²) in [6.07, 6.45) is 0. The standard InChI is InChI=1S/C19H21N5O2/c20-18-21-17(10-4-2-1-3-5-10)22-19(23-18)24(15-11-6-25-7-12(11)15)16-13-8-26-9-14(13)16/h1-5,11-16H,6-9H2,(H2,20,21,22,23). The Bertz CT molecular complexity index is 801. The van der Waals surface area contributed by atoms with Crippen molar-refractivity contribution in [1.82, 2.24) is 15.0 Å². The zero-order valence-electron chi connectivity index (χ0n) is 14.4. The maximum Gasteiger partial charge on any atom is 0.231 e. The van der Waals surface area contributed by atoms with E-state index in [9.17, 15) is 0 Å². The molecule has 0 bridgehead atoms. The molecule has 1 aromatic heterocycles. The molecule has 2 saturated heterocycles. The third kappa shape index (κ3) is 2.17. The van der Waals surface area contributed by atoms with Gasteiger partial charge in [-0.2, -0.15) is 15.0 Å². The van der Waals surface area contributed by atoms with Crippen LogP contribution in [-0.4, -0.2) is 53.5 Å². The highest BCUT2D eigenvalue weighted by molar-refractivity contribution is 5.58. The van der Waals surface area contributed by atoms with Gasteiger partial charge in [0.2, 0.25) is 11.9 Å². The maximum absolute atomic E-state index is 6.07. The molecule has 7 heteroatoms. The number of aromatic nitrogens is 3. The van der Waals surface area contributed by atoms with Gasteiger partial charge in [-0.15, -0.1) is 0 Å². The average molecular weight is 351 g/mol. The number of nitrogens with two attached hydrogens (primary N) is 1. The first-order valence-corrected chi connectivity index (χ1v) is 9.32. The van der Waals surface area contributed by atoms with Crippen molar-refractivity contribution in [1.29, 1.82) is 0 Å². The van der Waals surface area contributed by atoms with Gasteiger partial charge in [0.05, 0.1) is 26.4 Å². The Labute approximate surface area is 151 Å². The van der Waals surface area contributed by atoms with Crippen molar-refractivity contribution in [2.24, 2.45) is 23.7 Å². The van der Waals surface area contributed by atoms with Gasteiger partial charge in [-0.1, -0.05) is 30.3 Å². The largest absolute Gasteiger partial charge is 0.381 e. The monoisotopic (exact) mass is 351 g/mol. The van der Waals surface area contributed by atoms with Crippen LogP contribution in [0.1, 0.15) is 0 Å². The molecule has 0 amide bonds. The second kappa shape index (κ2) is 5.37. The molecule has 0 radical (unpaired) electrons. The van der Waals surface area contributed by atoms with E-state index in [2.05, 4.69) is 14.9 Å². The van der Waals surface area contributed by atoms with Crippen molar-refractivity contribution >= 4 is 11.9 Å². The highest BCUT2D eigenvalue weighted by Gasteiger charge is 2.66. The summed E-state index contributed by atoms with van der Waals surface area (Å²) in [4.78, 5) is 16.2. The number of rotatable bonds is 4. The fourth-order valence-corrected chi connectivity index (χ4v) is 4.92. The van der Waals surface area contributed by atoms with Crippen molar-refractivity contribution < 1.29 is 9.47 Å². The second-order valence-electron chi connectivity index (χ2n) is 7.80. The molecule has 7 nitrogen and oxygen atoms in total. The van der Waals surface area contributed by atoms with E-state index in [-0.39, 0.29) is 5.95 Å².